The average Bonchev–Trinajstić information content (AvgIpc) is 3.08. The van der Waals surface area contributed by atoms with Crippen molar-refractivity contribution in [3.8, 4) is 11.3 Å². The van der Waals surface area contributed by atoms with Crippen molar-refractivity contribution in [1.29, 1.82) is 0 Å². The standard InChI is InChI=1S/C19H25N3O4/c1-21(2)12-19(13-23)8-10-22(11-9-19)17-15(18(24)25)16(26-20-17)14-6-4-3-5-7-14/h3-7,23H,8-13H2,1-2H3,(H,24,25). The van der Waals surface area contributed by atoms with Crippen molar-refractivity contribution in [2.45, 2.75) is 12.8 Å². The van der Waals surface area contributed by atoms with Gasteiger partial charge in [0.25, 0.3) is 0 Å². The molecule has 0 saturated carbocycles. The summed E-state index contributed by atoms with van der Waals surface area (Å²) in [6, 6.07) is 9.15. The molecule has 7 heteroatoms. The smallest absolute Gasteiger partial charge is 0.343 e. The van der Waals surface area contributed by atoms with Gasteiger partial charge in [0.15, 0.2) is 17.1 Å². The van der Waals surface area contributed by atoms with Crippen LogP contribution in [0.1, 0.15) is 23.2 Å². The van der Waals surface area contributed by atoms with E-state index in [-0.39, 0.29) is 23.3 Å². The van der Waals surface area contributed by atoms with E-state index in [9.17, 15) is 15.0 Å². The second-order valence-electron chi connectivity index (χ2n) is 7.26. The summed E-state index contributed by atoms with van der Waals surface area (Å²) in [5.41, 5.74) is 0.633. The molecule has 2 heterocycles. The van der Waals surface area contributed by atoms with E-state index in [4.69, 9.17) is 4.52 Å². The zero-order chi connectivity index (χ0) is 18.7. The summed E-state index contributed by atoms with van der Waals surface area (Å²) in [7, 11) is 3.99. The van der Waals surface area contributed by atoms with Crippen molar-refractivity contribution in [3.05, 3.63) is 35.9 Å². The monoisotopic (exact) mass is 359 g/mol. The summed E-state index contributed by atoms with van der Waals surface area (Å²) in [4.78, 5) is 15.9. The van der Waals surface area contributed by atoms with Crippen molar-refractivity contribution in [1.82, 2.24) is 10.1 Å². The Morgan fingerprint density at radius 3 is 2.46 bits per heavy atom. The van der Waals surface area contributed by atoms with Gasteiger partial charge in [0.1, 0.15) is 0 Å². The fourth-order valence-electron chi connectivity index (χ4n) is 3.71. The number of piperidine rings is 1. The maximum Gasteiger partial charge on any atom is 0.343 e. The fraction of sp³-hybridized carbons (Fsp3) is 0.474. The number of hydrogen-bond acceptors (Lipinski definition) is 6. The topological polar surface area (TPSA) is 90.0 Å². The third-order valence-electron chi connectivity index (χ3n) is 5.03. The van der Waals surface area contributed by atoms with Gasteiger partial charge in [0.05, 0.1) is 6.61 Å². The van der Waals surface area contributed by atoms with Gasteiger partial charge in [-0.05, 0) is 26.9 Å². The molecule has 1 aromatic carbocycles. The maximum atomic E-state index is 11.9. The molecule has 2 aromatic rings. The summed E-state index contributed by atoms with van der Waals surface area (Å²) in [5, 5.41) is 23.7. The molecule has 1 aromatic heterocycles. The first-order chi connectivity index (χ1) is 12.5. The first-order valence-electron chi connectivity index (χ1n) is 8.75. The SMILES string of the molecule is CN(C)CC1(CO)CCN(c2noc(-c3ccccc3)c2C(=O)O)CC1. The number of carbonyl (C=O) groups is 1. The van der Waals surface area contributed by atoms with Gasteiger partial charge >= 0.3 is 5.97 Å². The van der Waals surface area contributed by atoms with Gasteiger partial charge in [-0.2, -0.15) is 0 Å². The van der Waals surface area contributed by atoms with Gasteiger partial charge in [0, 0.05) is 30.6 Å². The molecule has 140 valence electrons. The number of carboxylic acid groups (broad SMARTS) is 1. The van der Waals surface area contributed by atoms with Gasteiger partial charge in [-0.3, -0.25) is 0 Å². The van der Waals surface area contributed by atoms with E-state index in [1.54, 1.807) is 12.1 Å². The van der Waals surface area contributed by atoms with Crippen molar-refractivity contribution in [2.75, 3.05) is 45.2 Å². The summed E-state index contributed by atoms with van der Waals surface area (Å²) in [6.07, 6.45) is 1.54. The van der Waals surface area contributed by atoms with E-state index in [0.29, 0.717) is 24.5 Å². The highest BCUT2D eigenvalue weighted by molar-refractivity contribution is 5.99. The Hall–Kier alpha value is -2.38. The maximum absolute atomic E-state index is 11.9. The van der Waals surface area contributed by atoms with E-state index in [2.05, 4.69) is 10.1 Å². The lowest BCUT2D eigenvalue weighted by atomic mass is 9.78. The Kier molecular flexibility index (Phi) is 5.29. The lowest BCUT2D eigenvalue weighted by molar-refractivity contribution is 0.0666. The number of aliphatic hydroxyl groups excluding tert-OH is 1. The minimum absolute atomic E-state index is 0.0975. The minimum Gasteiger partial charge on any atom is -0.477 e. The number of hydrogen-bond donors (Lipinski definition) is 2. The Labute approximate surface area is 152 Å². The van der Waals surface area contributed by atoms with Crippen LogP contribution in [0, 0.1) is 5.41 Å². The van der Waals surface area contributed by atoms with Crippen LogP contribution in [0.4, 0.5) is 5.82 Å². The summed E-state index contributed by atoms with van der Waals surface area (Å²) >= 11 is 0. The predicted octanol–water partition coefficient (Wildman–Crippen LogP) is 2.18. The summed E-state index contributed by atoms with van der Waals surface area (Å²) < 4.78 is 5.41. The van der Waals surface area contributed by atoms with E-state index in [1.807, 2.05) is 37.2 Å². The highest BCUT2D eigenvalue weighted by Crippen LogP contribution is 2.37. The molecule has 1 aliphatic heterocycles. The molecule has 0 aliphatic carbocycles. The van der Waals surface area contributed by atoms with Gasteiger partial charge in [-0.25, -0.2) is 4.79 Å². The summed E-state index contributed by atoms with van der Waals surface area (Å²) in [5.74, 6) is -0.402. The molecule has 0 radical (unpaired) electrons. The van der Waals surface area contributed by atoms with Gasteiger partial charge in [-0.1, -0.05) is 35.5 Å². The molecule has 7 nitrogen and oxygen atoms in total. The van der Waals surface area contributed by atoms with E-state index in [1.165, 1.54) is 0 Å². The molecule has 0 spiro atoms. The van der Waals surface area contributed by atoms with E-state index < -0.39 is 5.97 Å². The molecule has 2 N–H and O–H groups in total. The molecule has 0 bridgehead atoms. The Morgan fingerprint density at radius 2 is 1.92 bits per heavy atom. The average molecular weight is 359 g/mol. The van der Waals surface area contributed by atoms with Crippen LogP contribution in [0.2, 0.25) is 0 Å². The van der Waals surface area contributed by atoms with Gasteiger partial charge in [-0.15, -0.1) is 0 Å². The molecule has 0 atom stereocenters. The number of anilines is 1. The van der Waals surface area contributed by atoms with Crippen LogP contribution in [-0.4, -0.2) is 66.6 Å². The van der Waals surface area contributed by atoms with Crippen molar-refractivity contribution in [2.24, 2.45) is 5.41 Å². The van der Waals surface area contributed by atoms with Gasteiger partial charge in [0.2, 0.25) is 0 Å². The number of aromatic carboxylic acids is 1. The number of aromatic nitrogens is 1. The molecule has 0 unspecified atom stereocenters. The second-order valence-corrected chi connectivity index (χ2v) is 7.26. The normalized spacial score (nSPS) is 16.8. The Morgan fingerprint density at radius 1 is 1.27 bits per heavy atom. The molecule has 26 heavy (non-hydrogen) atoms. The third-order valence-corrected chi connectivity index (χ3v) is 5.03. The quantitative estimate of drug-likeness (QED) is 0.817. The molecular formula is C19H25N3O4. The number of aliphatic hydroxyl groups is 1. The van der Waals surface area contributed by atoms with Crippen LogP contribution >= 0.6 is 0 Å². The van der Waals surface area contributed by atoms with Crippen LogP contribution in [0.5, 0.6) is 0 Å². The highest BCUT2D eigenvalue weighted by Gasteiger charge is 2.37. The zero-order valence-corrected chi connectivity index (χ0v) is 15.2. The van der Waals surface area contributed by atoms with Crippen LogP contribution in [0.25, 0.3) is 11.3 Å². The van der Waals surface area contributed by atoms with E-state index >= 15 is 0 Å². The lowest BCUT2D eigenvalue weighted by Gasteiger charge is -2.42. The number of rotatable bonds is 6. The Bertz CT molecular complexity index is 749. The minimum atomic E-state index is -1.05. The first kappa shape index (κ1) is 18.4. The van der Waals surface area contributed by atoms with Crippen LogP contribution in [0.15, 0.2) is 34.9 Å². The predicted molar refractivity (Wildman–Crippen MR) is 98.4 cm³/mol. The molecule has 0 amide bonds. The molecular weight excluding hydrogens is 334 g/mol. The molecule has 1 fully saturated rings. The number of benzene rings is 1. The van der Waals surface area contributed by atoms with Crippen molar-refractivity contribution in [3.63, 3.8) is 0 Å². The number of nitrogens with zero attached hydrogens (tertiary/aromatic N) is 3. The third kappa shape index (κ3) is 3.59. The van der Waals surface area contributed by atoms with Crippen LogP contribution in [0.3, 0.4) is 0 Å². The van der Waals surface area contributed by atoms with Crippen LogP contribution < -0.4 is 4.90 Å². The summed E-state index contributed by atoms with van der Waals surface area (Å²) in [6.45, 7) is 2.20. The van der Waals surface area contributed by atoms with Gasteiger partial charge < -0.3 is 24.5 Å². The number of carboxylic acids is 1. The van der Waals surface area contributed by atoms with Crippen molar-refractivity contribution >= 4 is 11.8 Å². The Balaban J connectivity index is 1.85. The lowest BCUT2D eigenvalue weighted by Crippen LogP contribution is -2.47. The molecule has 3 rings (SSSR count). The molecule has 1 saturated heterocycles. The first-order valence-corrected chi connectivity index (χ1v) is 8.75. The van der Waals surface area contributed by atoms with Crippen LogP contribution in [-0.2, 0) is 0 Å². The fourth-order valence-corrected chi connectivity index (χ4v) is 3.71. The second kappa shape index (κ2) is 7.47. The van der Waals surface area contributed by atoms with Crippen molar-refractivity contribution < 1.29 is 19.5 Å². The largest absolute Gasteiger partial charge is 0.477 e. The molecule has 1 aliphatic rings. The highest BCUT2D eigenvalue weighted by atomic mass is 16.5. The zero-order valence-electron chi connectivity index (χ0n) is 15.2. The van der Waals surface area contributed by atoms with E-state index in [0.717, 1.165) is 19.4 Å².